The number of halogens is 1. The average Bonchev–Trinajstić information content (AvgIpc) is 2.75. The summed E-state index contributed by atoms with van der Waals surface area (Å²) in [6.07, 6.45) is 1.29. The van der Waals surface area contributed by atoms with Crippen LogP contribution in [0.15, 0.2) is 36.5 Å². The Hall–Kier alpha value is -2.07. The molecule has 1 aromatic carbocycles. The van der Waals surface area contributed by atoms with Crippen molar-refractivity contribution in [1.82, 2.24) is 15.0 Å². The standard InChI is InChI=1S/C12H8ClN3O/c13-12-14-6-10(17)11(16-12)9-5-7-3-1-2-4-8(7)15-9/h1-6,15,17H. The number of para-hydroxylation sites is 1. The molecule has 2 aromatic heterocycles. The number of H-pyrrole nitrogens is 1. The van der Waals surface area contributed by atoms with Crippen LogP contribution < -0.4 is 0 Å². The molecule has 5 heteroatoms. The van der Waals surface area contributed by atoms with Crippen LogP contribution >= 0.6 is 11.6 Å². The van der Waals surface area contributed by atoms with Crippen molar-refractivity contribution in [2.75, 3.05) is 0 Å². The van der Waals surface area contributed by atoms with Gasteiger partial charge in [-0.3, -0.25) is 0 Å². The van der Waals surface area contributed by atoms with Gasteiger partial charge in [0.15, 0.2) is 5.75 Å². The first kappa shape index (κ1) is 10.1. The summed E-state index contributed by atoms with van der Waals surface area (Å²) in [4.78, 5) is 10.9. The lowest BCUT2D eigenvalue weighted by molar-refractivity contribution is 0.472. The van der Waals surface area contributed by atoms with E-state index in [1.54, 1.807) is 0 Å². The zero-order valence-corrected chi connectivity index (χ0v) is 9.44. The summed E-state index contributed by atoms with van der Waals surface area (Å²) < 4.78 is 0. The van der Waals surface area contributed by atoms with Crippen LogP contribution in [0.3, 0.4) is 0 Å². The molecule has 0 radical (unpaired) electrons. The van der Waals surface area contributed by atoms with Crippen LogP contribution in [0.25, 0.3) is 22.3 Å². The van der Waals surface area contributed by atoms with Gasteiger partial charge in [0.25, 0.3) is 0 Å². The van der Waals surface area contributed by atoms with E-state index < -0.39 is 0 Å². The molecule has 0 amide bonds. The van der Waals surface area contributed by atoms with Gasteiger partial charge in [-0.1, -0.05) is 18.2 Å². The molecule has 0 aliphatic heterocycles. The van der Waals surface area contributed by atoms with Gasteiger partial charge in [-0.15, -0.1) is 0 Å². The number of nitrogens with one attached hydrogen (secondary N) is 1. The molecular weight excluding hydrogens is 238 g/mol. The van der Waals surface area contributed by atoms with E-state index in [4.69, 9.17) is 11.6 Å². The molecular formula is C12H8ClN3O. The van der Waals surface area contributed by atoms with E-state index in [0.717, 1.165) is 10.9 Å². The fourth-order valence-corrected chi connectivity index (χ4v) is 1.89. The minimum Gasteiger partial charge on any atom is -0.504 e. The Morgan fingerprint density at radius 1 is 1.24 bits per heavy atom. The molecule has 0 saturated carbocycles. The first-order valence-corrected chi connectivity index (χ1v) is 5.41. The van der Waals surface area contributed by atoms with Crippen LogP contribution in [0.4, 0.5) is 0 Å². The van der Waals surface area contributed by atoms with E-state index in [0.29, 0.717) is 11.4 Å². The van der Waals surface area contributed by atoms with E-state index in [9.17, 15) is 5.11 Å². The molecule has 84 valence electrons. The monoisotopic (exact) mass is 245 g/mol. The van der Waals surface area contributed by atoms with Crippen molar-refractivity contribution in [3.8, 4) is 17.1 Å². The largest absolute Gasteiger partial charge is 0.504 e. The lowest BCUT2D eigenvalue weighted by Crippen LogP contribution is -1.88. The molecule has 0 fully saturated rings. The molecule has 0 bridgehead atoms. The topological polar surface area (TPSA) is 61.8 Å². The second-order valence-electron chi connectivity index (χ2n) is 3.64. The van der Waals surface area contributed by atoms with Crippen molar-refractivity contribution in [1.29, 1.82) is 0 Å². The van der Waals surface area contributed by atoms with E-state index >= 15 is 0 Å². The van der Waals surface area contributed by atoms with Crippen molar-refractivity contribution in [2.45, 2.75) is 0 Å². The van der Waals surface area contributed by atoms with E-state index in [2.05, 4.69) is 15.0 Å². The first-order chi connectivity index (χ1) is 8.24. The summed E-state index contributed by atoms with van der Waals surface area (Å²) in [5, 5.41) is 10.9. The Morgan fingerprint density at radius 3 is 2.88 bits per heavy atom. The SMILES string of the molecule is Oc1cnc(Cl)nc1-c1cc2ccccc2[nH]1. The summed E-state index contributed by atoms with van der Waals surface area (Å²) in [6.45, 7) is 0. The maximum absolute atomic E-state index is 9.71. The highest BCUT2D eigenvalue weighted by Gasteiger charge is 2.10. The Morgan fingerprint density at radius 2 is 2.06 bits per heavy atom. The van der Waals surface area contributed by atoms with Gasteiger partial charge in [-0.2, -0.15) is 0 Å². The Labute approximate surface area is 102 Å². The van der Waals surface area contributed by atoms with Gasteiger partial charge in [0, 0.05) is 10.9 Å². The Bertz CT molecular complexity index is 660. The minimum absolute atomic E-state index is 0.000885. The van der Waals surface area contributed by atoms with Gasteiger partial charge in [-0.05, 0) is 23.7 Å². The maximum Gasteiger partial charge on any atom is 0.223 e. The van der Waals surface area contributed by atoms with E-state index in [1.807, 2.05) is 30.3 Å². The van der Waals surface area contributed by atoms with Crippen molar-refractivity contribution >= 4 is 22.5 Å². The third kappa shape index (κ3) is 1.72. The molecule has 2 heterocycles. The molecule has 4 nitrogen and oxygen atoms in total. The third-order valence-electron chi connectivity index (χ3n) is 2.53. The Kier molecular flexibility index (Phi) is 2.23. The van der Waals surface area contributed by atoms with Crippen LogP contribution in [0.2, 0.25) is 5.28 Å². The van der Waals surface area contributed by atoms with Crippen molar-refractivity contribution in [3.63, 3.8) is 0 Å². The molecule has 3 rings (SSSR count). The fraction of sp³-hybridized carbons (Fsp3) is 0. The molecule has 0 unspecified atom stereocenters. The molecule has 0 atom stereocenters. The van der Waals surface area contributed by atoms with Crippen molar-refractivity contribution in [3.05, 3.63) is 41.8 Å². The number of aromatic nitrogens is 3. The molecule has 2 N–H and O–H groups in total. The number of hydrogen-bond donors (Lipinski definition) is 2. The van der Waals surface area contributed by atoms with E-state index in [1.165, 1.54) is 6.20 Å². The summed E-state index contributed by atoms with van der Waals surface area (Å²) in [5.74, 6) is 0.000885. The van der Waals surface area contributed by atoms with Crippen molar-refractivity contribution in [2.24, 2.45) is 0 Å². The number of rotatable bonds is 1. The number of fused-ring (bicyclic) bond motifs is 1. The molecule has 0 saturated heterocycles. The van der Waals surface area contributed by atoms with Crippen molar-refractivity contribution < 1.29 is 5.11 Å². The van der Waals surface area contributed by atoms with Crippen LogP contribution in [0, 0.1) is 0 Å². The van der Waals surface area contributed by atoms with Crippen LogP contribution in [0.1, 0.15) is 0 Å². The summed E-state index contributed by atoms with van der Waals surface area (Å²) >= 11 is 5.72. The van der Waals surface area contributed by atoms with Gasteiger partial charge in [0.1, 0.15) is 5.69 Å². The predicted molar refractivity (Wildman–Crippen MR) is 66.0 cm³/mol. The maximum atomic E-state index is 9.71. The van der Waals surface area contributed by atoms with E-state index in [-0.39, 0.29) is 11.0 Å². The smallest absolute Gasteiger partial charge is 0.223 e. The van der Waals surface area contributed by atoms with Gasteiger partial charge in [0.05, 0.1) is 11.9 Å². The fourth-order valence-electron chi connectivity index (χ4n) is 1.75. The zero-order valence-electron chi connectivity index (χ0n) is 8.68. The summed E-state index contributed by atoms with van der Waals surface area (Å²) in [5.41, 5.74) is 2.10. The normalized spacial score (nSPS) is 10.9. The highest BCUT2D eigenvalue weighted by Crippen LogP contribution is 2.29. The molecule has 0 aliphatic rings. The van der Waals surface area contributed by atoms with Gasteiger partial charge >= 0.3 is 0 Å². The van der Waals surface area contributed by atoms with Gasteiger partial charge in [0.2, 0.25) is 5.28 Å². The molecule has 0 spiro atoms. The molecule has 3 aromatic rings. The van der Waals surface area contributed by atoms with Crippen LogP contribution in [-0.4, -0.2) is 20.1 Å². The zero-order chi connectivity index (χ0) is 11.8. The lowest BCUT2D eigenvalue weighted by atomic mass is 10.2. The highest BCUT2D eigenvalue weighted by molar-refractivity contribution is 6.28. The first-order valence-electron chi connectivity index (χ1n) is 5.03. The highest BCUT2D eigenvalue weighted by atomic mass is 35.5. The Balaban J connectivity index is 2.23. The quantitative estimate of drug-likeness (QED) is 0.648. The second-order valence-corrected chi connectivity index (χ2v) is 3.98. The number of benzene rings is 1. The lowest BCUT2D eigenvalue weighted by Gasteiger charge is -2.00. The number of nitrogens with zero attached hydrogens (tertiary/aromatic N) is 2. The van der Waals surface area contributed by atoms with Crippen LogP contribution in [-0.2, 0) is 0 Å². The minimum atomic E-state index is 0.000885. The summed E-state index contributed by atoms with van der Waals surface area (Å²) in [6, 6.07) is 9.74. The third-order valence-corrected chi connectivity index (χ3v) is 2.71. The number of hydrogen-bond acceptors (Lipinski definition) is 3. The van der Waals surface area contributed by atoms with Gasteiger partial charge < -0.3 is 10.1 Å². The second kappa shape index (κ2) is 3.75. The molecule has 0 aliphatic carbocycles. The number of aromatic amines is 1. The average molecular weight is 246 g/mol. The van der Waals surface area contributed by atoms with Crippen LogP contribution in [0.5, 0.6) is 5.75 Å². The summed E-state index contributed by atoms with van der Waals surface area (Å²) in [7, 11) is 0. The molecule has 17 heavy (non-hydrogen) atoms. The predicted octanol–water partition coefficient (Wildman–Crippen LogP) is 2.98. The number of aromatic hydroxyl groups is 1. The van der Waals surface area contributed by atoms with Gasteiger partial charge in [-0.25, -0.2) is 9.97 Å².